The first-order valence-electron chi connectivity index (χ1n) is 10.3. The number of rotatable bonds is 11. The summed E-state index contributed by atoms with van der Waals surface area (Å²) in [6.07, 6.45) is 8.00. The first-order valence-corrected chi connectivity index (χ1v) is 10.3. The van der Waals surface area contributed by atoms with Gasteiger partial charge in [-0.2, -0.15) is 0 Å². The molecule has 0 saturated carbocycles. The fourth-order valence-electron chi connectivity index (χ4n) is 2.61. The Labute approximate surface area is 195 Å². The normalized spacial score (nSPS) is 10.7. The van der Waals surface area contributed by atoms with Crippen molar-refractivity contribution in [3.63, 3.8) is 0 Å². The third-order valence-corrected chi connectivity index (χ3v) is 4.12. The van der Waals surface area contributed by atoms with E-state index in [-0.39, 0.29) is 6.73 Å². The smallest absolute Gasteiger partial charge is 0.312 e. The van der Waals surface area contributed by atoms with Crippen LogP contribution in [0.3, 0.4) is 0 Å². The molecule has 0 atom stereocenters. The van der Waals surface area contributed by atoms with E-state index in [4.69, 9.17) is 25.8 Å². The zero-order valence-corrected chi connectivity index (χ0v) is 19.4. The summed E-state index contributed by atoms with van der Waals surface area (Å²) >= 11 is 0. The topological polar surface area (TPSA) is 124 Å². The third kappa shape index (κ3) is 9.95. The van der Waals surface area contributed by atoms with Gasteiger partial charge in [0.15, 0.2) is 5.84 Å². The lowest BCUT2D eigenvalue weighted by Gasteiger charge is -2.22. The number of hydrogen-bond acceptors (Lipinski definition) is 6. The molecule has 0 unspecified atom stereocenters. The SMILES string of the molecule is C#C.COc1ccc(N(N)/C(=N\COCC(C)C)c2ccc(OCCNC(N)=O)cc2)cc1. The average molecular weight is 456 g/mol. The molecule has 5 N–H and O–H groups in total. The number of carbonyl (C=O) groups is 1. The molecule has 9 nitrogen and oxygen atoms in total. The molecule has 2 aromatic rings. The van der Waals surface area contributed by atoms with Crippen molar-refractivity contribution in [3.05, 3.63) is 54.1 Å². The number of benzene rings is 2. The van der Waals surface area contributed by atoms with Crippen molar-refractivity contribution in [1.29, 1.82) is 0 Å². The Balaban J connectivity index is 0.00000265. The Kier molecular flexibility index (Phi) is 12.5. The predicted octanol–water partition coefficient (Wildman–Crippen LogP) is 2.75. The van der Waals surface area contributed by atoms with Gasteiger partial charge in [0.05, 0.1) is 25.9 Å². The van der Waals surface area contributed by atoms with Crippen molar-refractivity contribution in [2.75, 3.05) is 38.6 Å². The molecule has 0 saturated heterocycles. The summed E-state index contributed by atoms with van der Waals surface area (Å²) in [5.41, 5.74) is 6.58. The number of nitrogens with zero attached hydrogens (tertiary/aromatic N) is 2. The van der Waals surface area contributed by atoms with Crippen molar-refractivity contribution in [3.8, 4) is 24.3 Å². The van der Waals surface area contributed by atoms with Crippen LogP contribution in [0.1, 0.15) is 19.4 Å². The van der Waals surface area contributed by atoms with Crippen molar-refractivity contribution in [1.82, 2.24) is 5.32 Å². The molecule has 9 heteroatoms. The van der Waals surface area contributed by atoms with Gasteiger partial charge in [0, 0.05) is 5.56 Å². The fraction of sp³-hybridized carbons (Fsp3) is 0.333. The van der Waals surface area contributed by atoms with E-state index in [2.05, 4.69) is 37.0 Å². The Hall–Kier alpha value is -3.74. The highest BCUT2D eigenvalue weighted by molar-refractivity contribution is 6.09. The molecular weight excluding hydrogens is 422 g/mol. The first kappa shape index (κ1) is 27.3. The summed E-state index contributed by atoms with van der Waals surface area (Å²) in [5.74, 6) is 8.75. The van der Waals surface area contributed by atoms with Crippen LogP contribution in [0.2, 0.25) is 0 Å². The van der Waals surface area contributed by atoms with Crippen molar-refractivity contribution < 1.29 is 19.0 Å². The number of carbonyl (C=O) groups excluding carboxylic acids is 1. The second-order valence-corrected chi connectivity index (χ2v) is 7.11. The van der Waals surface area contributed by atoms with E-state index in [0.29, 0.717) is 37.3 Å². The predicted molar refractivity (Wildman–Crippen MR) is 131 cm³/mol. The van der Waals surface area contributed by atoms with Gasteiger partial charge in [0.1, 0.15) is 24.8 Å². The number of methoxy groups -OCH3 is 1. The summed E-state index contributed by atoms with van der Waals surface area (Å²) in [6, 6.07) is 14.1. The number of primary amides is 1. The van der Waals surface area contributed by atoms with E-state index in [1.165, 1.54) is 5.01 Å². The molecular formula is C24H33N5O4. The van der Waals surface area contributed by atoms with E-state index in [1.807, 2.05) is 48.5 Å². The van der Waals surface area contributed by atoms with Gasteiger partial charge in [0.25, 0.3) is 0 Å². The molecule has 0 aliphatic heterocycles. The summed E-state index contributed by atoms with van der Waals surface area (Å²) in [6.45, 7) is 5.58. The summed E-state index contributed by atoms with van der Waals surface area (Å²) in [7, 11) is 1.61. The number of nitrogens with two attached hydrogens (primary N) is 2. The van der Waals surface area contributed by atoms with Crippen LogP contribution in [0.5, 0.6) is 11.5 Å². The van der Waals surface area contributed by atoms with E-state index in [1.54, 1.807) is 7.11 Å². The molecule has 0 heterocycles. The van der Waals surface area contributed by atoms with Crippen LogP contribution in [0.25, 0.3) is 0 Å². The zero-order chi connectivity index (χ0) is 24.6. The van der Waals surface area contributed by atoms with Gasteiger partial charge in [-0.1, -0.05) is 13.8 Å². The molecule has 2 rings (SSSR count). The number of hydrogen-bond donors (Lipinski definition) is 3. The van der Waals surface area contributed by atoms with E-state index in [9.17, 15) is 4.79 Å². The molecule has 0 bridgehead atoms. The van der Waals surface area contributed by atoms with Crippen LogP contribution < -0.4 is 31.4 Å². The fourth-order valence-corrected chi connectivity index (χ4v) is 2.61. The second kappa shape index (κ2) is 15.1. The highest BCUT2D eigenvalue weighted by Gasteiger charge is 2.13. The number of amidine groups is 1. The Morgan fingerprint density at radius 3 is 2.24 bits per heavy atom. The molecule has 0 aliphatic rings. The minimum atomic E-state index is -0.582. The minimum absolute atomic E-state index is 0.189. The minimum Gasteiger partial charge on any atom is -0.497 e. The first-order chi connectivity index (χ1) is 15.9. The lowest BCUT2D eigenvalue weighted by molar-refractivity contribution is 0.117. The quantitative estimate of drug-likeness (QED) is 0.120. The van der Waals surface area contributed by atoms with Gasteiger partial charge in [-0.15, -0.1) is 12.8 Å². The molecule has 0 fully saturated rings. The monoisotopic (exact) mass is 455 g/mol. The lowest BCUT2D eigenvalue weighted by Crippen LogP contribution is -2.38. The van der Waals surface area contributed by atoms with Gasteiger partial charge in [0.2, 0.25) is 0 Å². The highest BCUT2D eigenvalue weighted by atomic mass is 16.5. The standard InChI is InChI=1S/C22H31N5O4.C2H2/c1-16(2)14-30-15-26-21(27(24)18-6-10-19(29-3)11-7-18)17-4-8-20(9-5-17)31-13-12-25-22(23)28;1-2/h4-11,16H,12-15,24H2,1-3H3,(H3,23,25,28);1-2H/b26-21-;. The zero-order valence-electron chi connectivity index (χ0n) is 19.4. The molecule has 0 aromatic heterocycles. The van der Waals surface area contributed by atoms with Crippen molar-refractivity contribution in [2.45, 2.75) is 13.8 Å². The van der Waals surface area contributed by atoms with Gasteiger partial charge in [-0.25, -0.2) is 15.6 Å². The van der Waals surface area contributed by atoms with Gasteiger partial charge in [-0.05, 0) is 54.4 Å². The van der Waals surface area contributed by atoms with E-state index in [0.717, 1.165) is 17.0 Å². The number of nitrogens with one attached hydrogen (secondary N) is 1. The second-order valence-electron chi connectivity index (χ2n) is 7.11. The molecule has 2 aromatic carbocycles. The Bertz CT molecular complexity index is 880. The molecule has 0 aliphatic carbocycles. The summed E-state index contributed by atoms with van der Waals surface area (Å²) in [4.78, 5) is 15.3. The number of ether oxygens (including phenoxy) is 3. The third-order valence-electron chi connectivity index (χ3n) is 4.12. The number of terminal acetylenes is 1. The Morgan fingerprint density at radius 1 is 1.09 bits per heavy atom. The number of urea groups is 1. The Morgan fingerprint density at radius 2 is 1.70 bits per heavy atom. The van der Waals surface area contributed by atoms with Crippen LogP contribution in [0, 0.1) is 18.8 Å². The van der Waals surface area contributed by atoms with Crippen LogP contribution >= 0.6 is 0 Å². The number of anilines is 1. The lowest BCUT2D eigenvalue weighted by atomic mass is 10.1. The summed E-state index contributed by atoms with van der Waals surface area (Å²) < 4.78 is 16.4. The summed E-state index contributed by atoms with van der Waals surface area (Å²) in [5, 5.41) is 3.98. The maximum atomic E-state index is 10.7. The molecule has 33 heavy (non-hydrogen) atoms. The van der Waals surface area contributed by atoms with E-state index < -0.39 is 6.03 Å². The maximum Gasteiger partial charge on any atom is 0.312 e. The largest absolute Gasteiger partial charge is 0.497 e. The van der Waals surface area contributed by atoms with Crippen molar-refractivity contribution >= 4 is 17.6 Å². The highest BCUT2D eigenvalue weighted by Crippen LogP contribution is 2.20. The van der Waals surface area contributed by atoms with E-state index >= 15 is 0 Å². The molecule has 0 radical (unpaired) electrons. The molecule has 178 valence electrons. The van der Waals surface area contributed by atoms with Crippen LogP contribution in [-0.2, 0) is 4.74 Å². The van der Waals surface area contributed by atoms with Crippen LogP contribution in [0.4, 0.5) is 10.5 Å². The van der Waals surface area contributed by atoms with Crippen LogP contribution in [-0.4, -0.2) is 45.5 Å². The van der Waals surface area contributed by atoms with Gasteiger partial charge >= 0.3 is 6.03 Å². The van der Waals surface area contributed by atoms with Gasteiger partial charge in [-0.3, -0.25) is 5.01 Å². The molecule has 2 amide bonds. The van der Waals surface area contributed by atoms with Gasteiger partial charge < -0.3 is 25.3 Å². The van der Waals surface area contributed by atoms with Crippen molar-refractivity contribution in [2.24, 2.45) is 22.5 Å². The number of aliphatic imine (C=N–C) groups is 1. The number of amides is 2. The van der Waals surface area contributed by atoms with Crippen LogP contribution in [0.15, 0.2) is 53.5 Å². The average Bonchev–Trinajstić information content (AvgIpc) is 2.83. The molecule has 0 spiro atoms. The maximum absolute atomic E-state index is 10.7. The number of hydrazine groups is 1.